The second kappa shape index (κ2) is 6.25. The average Bonchev–Trinajstić information content (AvgIpc) is 2.02. The van der Waals surface area contributed by atoms with E-state index in [-0.39, 0.29) is 24.8 Å². The Morgan fingerprint density at radius 3 is 1.93 bits per heavy atom. The van der Waals surface area contributed by atoms with Crippen LogP contribution in [0.1, 0.15) is 0 Å². The fourth-order valence-corrected chi connectivity index (χ4v) is 2.08. The van der Waals surface area contributed by atoms with Gasteiger partial charge in [-0.25, -0.2) is 0 Å². The highest BCUT2D eigenvalue weighted by Gasteiger charge is 2.21. The molecule has 0 amide bonds. The van der Waals surface area contributed by atoms with Crippen LogP contribution in [0, 0.1) is 0 Å². The minimum Gasteiger partial charge on any atom is -0.399 e. The molecule has 0 bridgehead atoms. The zero-order valence-corrected chi connectivity index (χ0v) is 12.3. The largest absolute Gasteiger partial charge is 0.399 e. The Hall–Kier alpha value is -0.383. The van der Waals surface area contributed by atoms with E-state index in [9.17, 15) is 0 Å². The van der Waals surface area contributed by atoms with Crippen LogP contribution in [-0.2, 0) is 0 Å². The molecular weight excluding hydrogens is 247 g/mol. The maximum Gasteiger partial charge on any atom is 0.147 e. The van der Waals surface area contributed by atoms with Crippen LogP contribution in [0.2, 0.25) is 19.6 Å². The maximum absolute atomic E-state index is 5.90. The summed E-state index contributed by atoms with van der Waals surface area (Å²) < 4.78 is 2.32. The zero-order valence-electron chi connectivity index (χ0n) is 9.65. The highest BCUT2D eigenvalue weighted by Crippen LogP contribution is 2.25. The number of anilines is 2. The summed E-state index contributed by atoms with van der Waals surface area (Å²) in [5.74, 6) is 0. The predicted octanol–water partition coefficient (Wildman–Crippen LogP) is 3.38. The Labute approximate surface area is 106 Å². The van der Waals surface area contributed by atoms with Crippen LogP contribution < -0.4 is 10.3 Å². The van der Waals surface area contributed by atoms with Crippen LogP contribution in [0.5, 0.6) is 0 Å². The summed E-state index contributed by atoms with van der Waals surface area (Å²) in [6.45, 7) is 6.92. The molecular formula is C10H20Cl2N2Si. The van der Waals surface area contributed by atoms with E-state index in [2.05, 4.69) is 37.3 Å². The van der Waals surface area contributed by atoms with Gasteiger partial charge in [0.2, 0.25) is 0 Å². The van der Waals surface area contributed by atoms with Crippen molar-refractivity contribution in [3.63, 3.8) is 0 Å². The third-order valence-electron chi connectivity index (χ3n) is 2.30. The zero-order chi connectivity index (χ0) is 10.1. The summed E-state index contributed by atoms with van der Waals surface area (Å²) in [4.78, 5) is 0. The van der Waals surface area contributed by atoms with Gasteiger partial charge in [-0.1, -0.05) is 31.8 Å². The molecule has 0 aliphatic carbocycles. The number of hydrogen-bond acceptors (Lipinski definition) is 2. The van der Waals surface area contributed by atoms with Crippen molar-refractivity contribution in [1.29, 1.82) is 0 Å². The van der Waals surface area contributed by atoms with Crippen molar-refractivity contribution in [2.45, 2.75) is 19.6 Å². The number of para-hydroxylation sites is 2. The molecule has 1 aromatic rings. The predicted molar refractivity (Wildman–Crippen MR) is 77.1 cm³/mol. The maximum atomic E-state index is 5.90. The van der Waals surface area contributed by atoms with Crippen LogP contribution in [0.4, 0.5) is 11.4 Å². The minimum absolute atomic E-state index is 0. The van der Waals surface area contributed by atoms with Crippen LogP contribution in [0.3, 0.4) is 0 Å². The lowest BCUT2D eigenvalue weighted by Crippen LogP contribution is -2.43. The lowest BCUT2D eigenvalue weighted by atomic mass is 10.3. The van der Waals surface area contributed by atoms with Crippen LogP contribution in [0.15, 0.2) is 24.3 Å². The first-order valence-corrected chi connectivity index (χ1v) is 7.96. The molecule has 0 aliphatic rings. The van der Waals surface area contributed by atoms with Gasteiger partial charge in [-0.2, -0.15) is 0 Å². The quantitative estimate of drug-likeness (QED) is 0.657. The SMILES string of the molecule is CN(c1ccccc1N)[Si](C)(C)C.Cl.Cl. The summed E-state index contributed by atoms with van der Waals surface area (Å²) in [6, 6.07) is 8.03. The van der Waals surface area contributed by atoms with Crippen molar-refractivity contribution < 1.29 is 0 Å². The van der Waals surface area contributed by atoms with E-state index in [0.29, 0.717) is 0 Å². The molecule has 15 heavy (non-hydrogen) atoms. The second-order valence-electron chi connectivity index (χ2n) is 4.29. The van der Waals surface area contributed by atoms with Gasteiger partial charge < -0.3 is 10.3 Å². The number of nitrogens with zero attached hydrogens (tertiary/aromatic N) is 1. The Bertz CT molecular complexity index is 300. The van der Waals surface area contributed by atoms with E-state index >= 15 is 0 Å². The third kappa shape index (κ3) is 4.32. The van der Waals surface area contributed by atoms with E-state index in [4.69, 9.17) is 5.73 Å². The van der Waals surface area contributed by atoms with Gasteiger partial charge in [0, 0.05) is 0 Å². The standard InChI is InChI=1S/C10H18N2Si.2ClH/c1-12(13(2,3)4)10-8-6-5-7-9(10)11;;/h5-8H,11H2,1-4H3;2*1H. The Morgan fingerprint density at radius 2 is 1.53 bits per heavy atom. The van der Waals surface area contributed by atoms with Crippen molar-refractivity contribution in [2.24, 2.45) is 0 Å². The number of benzene rings is 1. The van der Waals surface area contributed by atoms with E-state index in [1.54, 1.807) is 0 Å². The van der Waals surface area contributed by atoms with Gasteiger partial charge in [-0.05, 0) is 19.2 Å². The number of nitrogen functional groups attached to an aromatic ring is 1. The van der Waals surface area contributed by atoms with E-state index in [1.165, 1.54) is 0 Å². The average molecular weight is 267 g/mol. The van der Waals surface area contributed by atoms with Gasteiger partial charge in [0.1, 0.15) is 8.24 Å². The summed E-state index contributed by atoms with van der Waals surface area (Å²) in [7, 11) is 0.843. The molecule has 0 atom stereocenters. The number of rotatable bonds is 2. The Kier molecular flexibility index (Phi) is 7.10. The fourth-order valence-electron chi connectivity index (χ4n) is 1.15. The lowest BCUT2D eigenvalue weighted by Gasteiger charge is -2.33. The van der Waals surface area contributed by atoms with Gasteiger partial charge in [-0.15, -0.1) is 24.8 Å². The summed E-state index contributed by atoms with van der Waals surface area (Å²) in [6.07, 6.45) is 0. The lowest BCUT2D eigenvalue weighted by molar-refractivity contribution is 1.25. The monoisotopic (exact) mass is 266 g/mol. The van der Waals surface area contributed by atoms with Gasteiger partial charge in [-0.3, -0.25) is 0 Å². The molecule has 0 aliphatic heterocycles. The van der Waals surface area contributed by atoms with Crippen molar-refractivity contribution in [3.8, 4) is 0 Å². The summed E-state index contributed by atoms with van der Waals surface area (Å²) in [5.41, 5.74) is 7.92. The third-order valence-corrected chi connectivity index (χ3v) is 4.56. The molecule has 1 aromatic carbocycles. The molecule has 0 unspecified atom stereocenters. The normalized spacial score (nSPS) is 9.87. The molecule has 0 heterocycles. The molecule has 5 heteroatoms. The number of halogens is 2. The van der Waals surface area contributed by atoms with Gasteiger partial charge in [0.15, 0.2) is 0 Å². The van der Waals surface area contributed by atoms with Crippen LogP contribution >= 0.6 is 24.8 Å². The molecule has 1 rings (SSSR count). The van der Waals surface area contributed by atoms with Crippen LogP contribution in [0.25, 0.3) is 0 Å². The molecule has 0 radical (unpaired) electrons. The molecule has 0 saturated carbocycles. The van der Waals surface area contributed by atoms with Gasteiger partial charge >= 0.3 is 0 Å². The Morgan fingerprint density at radius 1 is 1.07 bits per heavy atom. The first-order chi connectivity index (χ1) is 5.93. The van der Waals surface area contributed by atoms with E-state index in [0.717, 1.165) is 11.4 Å². The van der Waals surface area contributed by atoms with Crippen LogP contribution in [-0.4, -0.2) is 15.3 Å². The molecule has 0 saturated heterocycles. The Balaban J connectivity index is 0. The van der Waals surface area contributed by atoms with Gasteiger partial charge in [0.05, 0.1) is 11.4 Å². The minimum atomic E-state index is -1.28. The summed E-state index contributed by atoms with van der Waals surface area (Å²) >= 11 is 0. The highest BCUT2D eigenvalue weighted by atomic mass is 35.5. The first kappa shape index (κ1) is 17.0. The van der Waals surface area contributed by atoms with Gasteiger partial charge in [0.25, 0.3) is 0 Å². The number of hydrogen-bond donors (Lipinski definition) is 1. The van der Waals surface area contributed by atoms with Crippen molar-refractivity contribution in [3.05, 3.63) is 24.3 Å². The van der Waals surface area contributed by atoms with Crippen molar-refractivity contribution >= 4 is 44.4 Å². The summed E-state index contributed by atoms with van der Waals surface area (Å²) in [5, 5.41) is 0. The fraction of sp³-hybridized carbons (Fsp3) is 0.400. The molecule has 0 fully saturated rings. The molecule has 0 aromatic heterocycles. The van der Waals surface area contributed by atoms with E-state index < -0.39 is 8.24 Å². The first-order valence-electron chi connectivity index (χ1n) is 4.51. The highest BCUT2D eigenvalue weighted by molar-refractivity contribution is 6.79. The topological polar surface area (TPSA) is 29.3 Å². The number of nitrogens with two attached hydrogens (primary N) is 1. The van der Waals surface area contributed by atoms with Crippen molar-refractivity contribution in [1.82, 2.24) is 0 Å². The second-order valence-corrected chi connectivity index (χ2v) is 9.30. The molecule has 2 N–H and O–H groups in total. The molecule has 2 nitrogen and oxygen atoms in total. The smallest absolute Gasteiger partial charge is 0.147 e. The van der Waals surface area contributed by atoms with E-state index in [1.807, 2.05) is 18.2 Å². The molecule has 0 spiro atoms. The van der Waals surface area contributed by atoms with Crippen molar-refractivity contribution in [2.75, 3.05) is 17.3 Å². The molecule has 88 valence electrons.